The van der Waals surface area contributed by atoms with Gasteiger partial charge < -0.3 is 59.6 Å². The highest BCUT2D eigenvalue weighted by Gasteiger charge is 2.72. The van der Waals surface area contributed by atoms with Crippen LogP contribution in [0.1, 0.15) is 70.6 Å². The van der Waals surface area contributed by atoms with Crippen LogP contribution in [0.5, 0.6) is 11.5 Å². The summed E-state index contributed by atoms with van der Waals surface area (Å²) in [5, 5.41) is 71.6. The molecule has 17 nitrogen and oxygen atoms in total. The van der Waals surface area contributed by atoms with Crippen LogP contribution in [0.25, 0.3) is 0 Å². The lowest BCUT2D eigenvalue weighted by atomic mass is 9.56. The van der Waals surface area contributed by atoms with E-state index in [1.165, 1.54) is 33.3 Å². The number of ketones is 3. The van der Waals surface area contributed by atoms with Crippen molar-refractivity contribution in [3.8, 4) is 11.5 Å². The molecule has 7 N–H and O–H groups in total. The first-order valence-corrected chi connectivity index (χ1v) is 17.0. The van der Waals surface area contributed by atoms with Crippen LogP contribution >= 0.6 is 0 Å². The molecule has 4 aliphatic rings. The number of ether oxygens (including phenoxy) is 5. The Morgan fingerprint density at radius 2 is 1.74 bits per heavy atom. The second-order valence-electron chi connectivity index (χ2n) is 13.6. The number of hydrogen-bond acceptors (Lipinski definition) is 17. The Bertz CT molecular complexity index is 2010. The molecule has 8 atom stereocenters. The molecule has 0 amide bonds. The maximum Gasteiger partial charge on any atom is 0.341 e. The van der Waals surface area contributed by atoms with E-state index in [0.717, 1.165) is 20.3 Å². The van der Waals surface area contributed by atoms with Crippen molar-refractivity contribution in [2.24, 2.45) is 10.9 Å². The van der Waals surface area contributed by atoms with Gasteiger partial charge in [0.2, 0.25) is 17.3 Å². The Morgan fingerprint density at radius 3 is 2.35 bits per heavy atom. The monoisotopic (exact) mass is 754 g/mol. The molecule has 290 valence electrons. The summed E-state index contributed by atoms with van der Waals surface area (Å²) in [5.74, 6) is -7.21. The summed E-state index contributed by atoms with van der Waals surface area (Å²) in [6.07, 6.45) is -4.94. The number of carbonyl (C=O) groups excluding carboxylic acids is 4. The highest BCUT2D eigenvalue weighted by molar-refractivity contribution is 6.31. The quantitative estimate of drug-likeness (QED) is 0.127. The maximum atomic E-state index is 14.8. The van der Waals surface area contributed by atoms with Crippen LogP contribution in [0.3, 0.4) is 0 Å². The molecule has 1 heterocycles. The number of carbonyl (C=O) groups is 4. The first kappa shape index (κ1) is 39.1. The number of methoxy groups -OCH3 is 4. The zero-order valence-electron chi connectivity index (χ0n) is 30.3. The molecule has 2 aromatic rings. The summed E-state index contributed by atoms with van der Waals surface area (Å²) in [6, 6.07) is 2.34. The number of phenolic OH excluding ortho intramolecular Hbond substituents is 2. The number of allylic oxidation sites excluding steroid dienone is 2. The average Bonchev–Trinajstić information content (AvgIpc) is 3.12. The van der Waals surface area contributed by atoms with E-state index in [9.17, 15) is 49.8 Å². The van der Waals surface area contributed by atoms with Crippen molar-refractivity contribution in [2.75, 3.05) is 48.2 Å². The molecular weight excluding hydrogens is 712 g/mol. The van der Waals surface area contributed by atoms with Gasteiger partial charge in [0.15, 0.2) is 11.2 Å². The molecule has 1 aliphatic heterocycles. The zero-order valence-corrected chi connectivity index (χ0v) is 30.3. The minimum Gasteiger partial charge on any atom is -0.507 e. The van der Waals surface area contributed by atoms with Gasteiger partial charge in [0.1, 0.15) is 29.4 Å². The van der Waals surface area contributed by atoms with Gasteiger partial charge in [0.25, 0.3) is 0 Å². The first-order chi connectivity index (χ1) is 25.6. The molecule has 54 heavy (non-hydrogen) atoms. The smallest absolute Gasteiger partial charge is 0.341 e. The van der Waals surface area contributed by atoms with Gasteiger partial charge in [-0.15, -0.1) is 0 Å². The van der Waals surface area contributed by atoms with Gasteiger partial charge in [-0.25, -0.2) is 4.79 Å². The van der Waals surface area contributed by atoms with E-state index in [1.54, 1.807) is 6.92 Å². The number of nitrogens with one attached hydrogen (secondary N) is 1. The van der Waals surface area contributed by atoms with Crippen LogP contribution in [-0.4, -0.2) is 144 Å². The lowest BCUT2D eigenvalue weighted by Crippen LogP contribution is -2.73. The van der Waals surface area contributed by atoms with Crippen LogP contribution in [0.2, 0.25) is 0 Å². The molecule has 0 saturated carbocycles. The minimum absolute atomic E-state index is 0.00951. The second kappa shape index (κ2) is 14.2. The number of benzene rings is 2. The Labute approximate surface area is 308 Å². The highest BCUT2D eigenvalue weighted by atomic mass is 16.6. The fourth-order valence-corrected chi connectivity index (χ4v) is 8.29. The van der Waals surface area contributed by atoms with Gasteiger partial charge in [-0.05, 0) is 37.1 Å². The number of nitrogens with zero attached hydrogens (tertiary/aromatic N) is 1. The topological polar surface area (TPSA) is 260 Å². The molecule has 0 aromatic heterocycles. The molecule has 0 spiro atoms. The summed E-state index contributed by atoms with van der Waals surface area (Å²) in [6.45, 7) is 2.64. The number of aliphatic hydroxyl groups excluding tert-OH is 3. The Kier molecular flexibility index (Phi) is 10.3. The van der Waals surface area contributed by atoms with E-state index in [1.807, 2.05) is 0 Å². The number of esters is 1. The van der Waals surface area contributed by atoms with Gasteiger partial charge in [0.05, 0.1) is 73.6 Å². The van der Waals surface area contributed by atoms with Gasteiger partial charge in [-0.3, -0.25) is 19.4 Å². The number of aliphatic hydroxyl groups is 4. The van der Waals surface area contributed by atoms with Gasteiger partial charge in [0, 0.05) is 44.4 Å². The summed E-state index contributed by atoms with van der Waals surface area (Å²) in [4.78, 5) is 61.1. The average molecular weight is 755 g/mol. The predicted octanol–water partition coefficient (Wildman–Crippen LogP) is -0.404. The van der Waals surface area contributed by atoms with Gasteiger partial charge >= 0.3 is 5.97 Å². The number of Topliss-reactive ketones (excluding diaryl/α,β-unsaturated/α-hetero) is 3. The molecule has 0 unspecified atom stereocenters. The standard InChI is InChI=1S/C37H42N2O15/c1-14-9-16-10-22(41)37(53-6)33(47)25-18(32(46)36(37,49)26(16)30(45)23(14)35(48)52-5)11-17-24(29(25)44)20(38-7-8-50-3)12-21(27(17)42)39-34-19(13-40)28(43)31(51-4)15(2)54-34/h9,11-12,15,19,22,28,31,34,39-41,43-45,49H,7-8,10,13H2,1-6H3/b38-20+/t15-,19+,22+,28-,31-,34-,36-,37+/m0/s1. The third kappa shape index (κ3) is 5.33. The molecule has 17 heteroatoms. The molecular formula is C37H42N2O15. The molecule has 2 aromatic carbocycles. The van der Waals surface area contributed by atoms with E-state index >= 15 is 0 Å². The number of phenols is 2. The van der Waals surface area contributed by atoms with Crippen LogP contribution in [0, 0.1) is 12.8 Å². The second-order valence-corrected chi connectivity index (χ2v) is 13.6. The van der Waals surface area contributed by atoms with E-state index in [0.29, 0.717) is 0 Å². The molecule has 6 rings (SSSR count). The van der Waals surface area contributed by atoms with E-state index in [2.05, 4.69) is 10.3 Å². The Balaban J connectivity index is 1.56. The highest BCUT2D eigenvalue weighted by Crippen LogP contribution is 2.56. The lowest BCUT2D eigenvalue weighted by Gasteiger charge is -2.53. The number of fused-ring (bicyclic) bond motifs is 5. The van der Waals surface area contributed by atoms with E-state index in [-0.39, 0.29) is 46.8 Å². The Morgan fingerprint density at radius 1 is 1.04 bits per heavy atom. The van der Waals surface area contributed by atoms with Gasteiger partial charge in [-0.2, -0.15) is 0 Å². The van der Waals surface area contributed by atoms with Crippen LogP contribution in [0.15, 0.2) is 28.9 Å². The van der Waals surface area contributed by atoms with Crippen molar-refractivity contribution in [1.29, 1.82) is 0 Å². The Hall–Kier alpha value is -4.59. The first-order valence-electron chi connectivity index (χ1n) is 17.0. The SMILES string of the molecule is COCC/N=C1\C=C(N[C@H]2O[C@@H](C)[C@H](OC)[C@@H](O)[C@H]2CO)C(=O)c2cc3c(c(O)c21)C(=O)[C@]1(OC)[C@H](O)Cc2cc(C)c(C(=O)OC)c(O)c2[C@]1(O)C3=O. The van der Waals surface area contributed by atoms with Crippen molar-refractivity contribution in [3.05, 3.63) is 68.4 Å². The van der Waals surface area contributed by atoms with Gasteiger partial charge in [-0.1, -0.05) is 6.07 Å². The molecule has 1 fully saturated rings. The van der Waals surface area contributed by atoms with Crippen molar-refractivity contribution in [2.45, 2.75) is 62.1 Å². The fraction of sp³-hybridized carbons (Fsp3) is 0.486. The number of aromatic hydroxyl groups is 2. The molecule has 0 radical (unpaired) electrons. The van der Waals surface area contributed by atoms with Crippen molar-refractivity contribution < 1.29 is 73.5 Å². The maximum absolute atomic E-state index is 14.8. The summed E-state index contributed by atoms with van der Waals surface area (Å²) >= 11 is 0. The van der Waals surface area contributed by atoms with Crippen molar-refractivity contribution in [3.63, 3.8) is 0 Å². The molecule has 0 bridgehead atoms. The molecule has 1 saturated heterocycles. The third-order valence-corrected chi connectivity index (χ3v) is 10.9. The van der Waals surface area contributed by atoms with Crippen LogP contribution in [-0.2, 0) is 35.7 Å². The van der Waals surface area contributed by atoms with Crippen LogP contribution in [0.4, 0.5) is 0 Å². The number of hydrogen-bond donors (Lipinski definition) is 7. The summed E-state index contributed by atoms with van der Waals surface area (Å²) in [5.41, 5.74) is -9.07. The van der Waals surface area contributed by atoms with Crippen molar-refractivity contribution >= 4 is 29.0 Å². The molecule has 3 aliphatic carbocycles. The normalized spacial score (nSPS) is 31.0. The number of aliphatic imine (C=N–C) groups is 1. The van der Waals surface area contributed by atoms with E-state index in [4.69, 9.17) is 23.7 Å². The number of aryl methyl sites for hydroxylation is 1. The fourth-order valence-electron chi connectivity index (χ4n) is 8.29. The van der Waals surface area contributed by atoms with E-state index < -0.39 is 118 Å². The lowest BCUT2D eigenvalue weighted by molar-refractivity contribution is -0.214. The zero-order chi connectivity index (χ0) is 39.6. The minimum atomic E-state index is -3.21. The largest absolute Gasteiger partial charge is 0.507 e. The predicted molar refractivity (Wildman–Crippen MR) is 185 cm³/mol. The number of rotatable bonds is 9. The van der Waals surface area contributed by atoms with Crippen LogP contribution < -0.4 is 5.32 Å². The summed E-state index contributed by atoms with van der Waals surface area (Å²) < 4.78 is 26.8. The summed E-state index contributed by atoms with van der Waals surface area (Å²) in [7, 11) is 4.82. The third-order valence-electron chi connectivity index (χ3n) is 10.9. The van der Waals surface area contributed by atoms with Crippen molar-refractivity contribution in [1.82, 2.24) is 5.32 Å².